The van der Waals surface area contributed by atoms with Crippen LogP contribution in [0, 0.1) is 5.82 Å². The lowest BCUT2D eigenvalue weighted by Gasteiger charge is -2.01. The molecule has 0 fully saturated rings. The fraction of sp³-hybridized carbons (Fsp3) is 0. The lowest BCUT2D eigenvalue weighted by molar-refractivity contribution is 0.630. The van der Waals surface area contributed by atoms with E-state index in [0.717, 1.165) is 22.2 Å². The summed E-state index contributed by atoms with van der Waals surface area (Å²) >= 11 is 0. The van der Waals surface area contributed by atoms with Gasteiger partial charge in [0.25, 0.3) is 0 Å². The van der Waals surface area contributed by atoms with Crippen molar-refractivity contribution in [3.05, 3.63) is 54.3 Å². The number of nitrogens with one attached hydrogen (secondary N) is 1. The molecule has 0 amide bonds. The molecule has 0 atom stereocenters. The van der Waals surface area contributed by atoms with Crippen molar-refractivity contribution in [2.45, 2.75) is 0 Å². The Hall–Kier alpha value is -2.29. The molecule has 1 aromatic heterocycles. The van der Waals surface area contributed by atoms with E-state index in [2.05, 4.69) is 4.98 Å². The fourth-order valence-corrected chi connectivity index (χ4v) is 1.99. The molecule has 84 valence electrons. The smallest absolute Gasteiger partial charge is 0.123 e. The first-order valence-corrected chi connectivity index (χ1v) is 5.37. The second-order valence-electron chi connectivity index (χ2n) is 4.00. The lowest BCUT2D eigenvalue weighted by atomic mass is 10.1. The van der Waals surface area contributed by atoms with Crippen LogP contribution in [0.15, 0.2) is 48.5 Å². The van der Waals surface area contributed by atoms with Crippen molar-refractivity contribution in [2.24, 2.45) is 0 Å². The van der Waals surface area contributed by atoms with Gasteiger partial charge in [-0.15, -0.1) is 0 Å². The molecule has 1 heterocycles. The molecule has 2 nitrogen and oxygen atoms in total. The third-order valence-corrected chi connectivity index (χ3v) is 2.83. The monoisotopic (exact) mass is 226 g/mol. The number of benzene rings is 2. The number of halogens is 1. The first-order chi connectivity index (χ1) is 8.24. The van der Waals surface area contributed by atoms with E-state index in [1.54, 1.807) is 6.07 Å². The molecule has 3 heteroatoms. The molecule has 0 aliphatic carbocycles. The average Bonchev–Trinajstić information content (AvgIpc) is 2.72. The van der Waals surface area contributed by atoms with Crippen molar-refractivity contribution in [3.8, 4) is 11.3 Å². The minimum Gasteiger partial charge on any atom is -0.398 e. The second kappa shape index (κ2) is 3.63. The van der Waals surface area contributed by atoms with Crippen molar-refractivity contribution < 1.29 is 4.39 Å². The Morgan fingerprint density at radius 3 is 2.65 bits per heavy atom. The van der Waals surface area contributed by atoms with Crippen molar-refractivity contribution in [1.29, 1.82) is 0 Å². The van der Waals surface area contributed by atoms with E-state index in [1.807, 2.05) is 30.3 Å². The summed E-state index contributed by atoms with van der Waals surface area (Å²) in [5.41, 5.74) is 9.37. The number of nitrogens with two attached hydrogens (primary N) is 1. The quantitative estimate of drug-likeness (QED) is 0.612. The van der Waals surface area contributed by atoms with Crippen LogP contribution < -0.4 is 5.73 Å². The Morgan fingerprint density at radius 2 is 1.82 bits per heavy atom. The molecule has 0 bridgehead atoms. The maximum atomic E-state index is 13.1. The Bertz CT molecular complexity index is 686. The minimum atomic E-state index is -0.232. The van der Waals surface area contributed by atoms with Crippen LogP contribution in [0.5, 0.6) is 0 Å². The van der Waals surface area contributed by atoms with Crippen molar-refractivity contribution >= 4 is 16.6 Å². The molecule has 0 saturated heterocycles. The zero-order valence-corrected chi connectivity index (χ0v) is 9.07. The summed E-state index contributed by atoms with van der Waals surface area (Å²) in [4.78, 5) is 3.23. The Kier molecular flexibility index (Phi) is 2.11. The maximum Gasteiger partial charge on any atom is 0.123 e. The fourth-order valence-electron chi connectivity index (χ4n) is 1.99. The van der Waals surface area contributed by atoms with Crippen LogP contribution in [0.4, 0.5) is 10.1 Å². The largest absolute Gasteiger partial charge is 0.398 e. The topological polar surface area (TPSA) is 41.8 Å². The SMILES string of the molecule is Nc1ccccc1-c1cc2cc(F)ccc2[nH]1. The van der Waals surface area contributed by atoms with E-state index in [0.29, 0.717) is 5.69 Å². The number of nitrogen functional groups attached to an aromatic ring is 1. The number of hydrogen-bond acceptors (Lipinski definition) is 1. The van der Waals surface area contributed by atoms with Crippen molar-refractivity contribution in [3.63, 3.8) is 0 Å². The van der Waals surface area contributed by atoms with Gasteiger partial charge in [-0.25, -0.2) is 4.39 Å². The molecule has 3 rings (SSSR count). The predicted octanol–water partition coefficient (Wildman–Crippen LogP) is 3.56. The summed E-state index contributed by atoms with van der Waals surface area (Å²) in [7, 11) is 0. The van der Waals surface area contributed by atoms with Crippen molar-refractivity contribution in [2.75, 3.05) is 5.73 Å². The normalized spacial score (nSPS) is 10.9. The highest BCUT2D eigenvalue weighted by molar-refractivity contribution is 5.88. The zero-order valence-electron chi connectivity index (χ0n) is 9.07. The van der Waals surface area contributed by atoms with Gasteiger partial charge in [0.05, 0.1) is 0 Å². The second-order valence-corrected chi connectivity index (χ2v) is 4.00. The summed E-state index contributed by atoms with van der Waals surface area (Å²) in [6, 6.07) is 14.2. The van der Waals surface area contributed by atoms with Crippen LogP contribution >= 0.6 is 0 Å². The van der Waals surface area contributed by atoms with E-state index in [1.165, 1.54) is 12.1 Å². The molecule has 3 aromatic rings. The van der Waals surface area contributed by atoms with Gasteiger partial charge in [0.15, 0.2) is 0 Å². The summed E-state index contributed by atoms with van der Waals surface area (Å²) in [5, 5.41) is 0.850. The highest BCUT2D eigenvalue weighted by Gasteiger charge is 2.06. The predicted molar refractivity (Wildman–Crippen MR) is 68.1 cm³/mol. The Balaban J connectivity index is 2.22. The number of aromatic nitrogens is 1. The lowest BCUT2D eigenvalue weighted by Crippen LogP contribution is -1.88. The number of rotatable bonds is 1. The third kappa shape index (κ3) is 1.65. The summed E-state index contributed by atoms with van der Waals surface area (Å²) in [6.07, 6.45) is 0. The standard InChI is InChI=1S/C14H11FN2/c15-10-5-6-13-9(7-10)8-14(17-13)11-3-1-2-4-12(11)16/h1-8,17H,16H2. The molecular formula is C14H11FN2. The highest BCUT2D eigenvalue weighted by Crippen LogP contribution is 2.28. The number of aromatic amines is 1. The first-order valence-electron chi connectivity index (χ1n) is 5.37. The number of anilines is 1. The van der Waals surface area contributed by atoms with Crippen LogP contribution in [-0.4, -0.2) is 4.98 Å². The molecule has 0 saturated carbocycles. The molecule has 0 unspecified atom stereocenters. The molecule has 0 aliphatic heterocycles. The Labute approximate surface area is 97.9 Å². The average molecular weight is 226 g/mol. The van der Waals surface area contributed by atoms with E-state index in [4.69, 9.17) is 5.73 Å². The third-order valence-electron chi connectivity index (χ3n) is 2.83. The van der Waals surface area contributed by atoms with Gasteiger partial charge < -0.3 is 10.7 Å². The van der Waals surface area contributed by atoms with Gasteiger partial charge in [-0.2, -0.15) is 0 Å². The van der Waals surface area contributed by atoms with Gasteiger partial charge in [0, 0.05) is 27.8 Å². The number of H-pyrrole nitrogens is 1. The number of fused-ring (bicyclic) bond motifs is 1. The van der Waals surface area contributed by atoms with E-state index >= 15 is 0 Å². The van der Waals surface area contributed by atoms with E-state index < -0.39 is 0 Å². The highest BCUT2D eigenvalue weighted by atomic mass is 19.1. The number of hydrogen-bond donors (Lipinski definition) is 2. The van der Waals surface area contributed by atoms with Gasteiger partial charge in [0.2, 0.25) is 0 Å². The van der Waals surface area contributed by atoms with Crippen LogP contribution in [0.3, 0.4) is 0 Å². The Morgan fingerprint density at radius 1 is 1.00 bits per heavy atom. The minimum absolute atomic E-state index is 0.232. The summed E-state index contributed by atoms with van der Waals surface area (Å²) in [5.74, 6) is -0.232. The number of para-hydroxylation sites is 1. The van der Waals surface area contributed by atoms with Crippen LogP contribution in [0.1, 0.15) is 0 Å². The summed E-state index contributed by atoms with van der Waals surface area (Å²) < 4.78 is 13.1. The maximum absolute atomic E-state index is 13.1. The first kappa shape index (κ1) is 9.90. The van der Waals surface area contributed by atoms with Crippen LogP contribution in [0.2, 0.25) is 0 Å². The van der Waals surface area contributed by atoms with Gasteiger partial charge in [0.1, 0.15) is 5.82 Å². The van der Waals surface area contributed by atoms with Gasteiger partial charge >= 0.3 is 0 Å². The van der Waals surface area contributed by atoms with Crippen LogP contribution in [-0.2, 0) is 0 Å². The molecule has 0 aliphatic rings. The van der Waals surface area contributed by atoms with E-state index in [-0.39, 0.29) is 5.82 Å². The van der Waals surface area contributed by atoms with Gasteiger partial charge in [-0.3, -0.25) is 0 Å². The molecule has 3 N–H and O–H groups in total. The molecule has 2 aromatic carbocycles. The van der Waals surface area contributed by atoms with Crippen LogP contribution in [0.25, 0.3) is 22.2 Å². The molecule has 0 spiro atoms. The summed E-state index contributed by atoms with van der Waals surface area (Å²) in [6.45, 7) is 0. The van der Waals surface area contributed by atoms with E-state index in [9.17, 15) is 4.39 Å². The van der Waals surface area contributed by atoms with Crippen molar-refractivity contribution in [1.82, 2.24) is 4.98 Å². The molecule has 0 radical (unpaired) electrons. The van der Waals surface area contributed by atoms with Gasteiger partial charge in [-0.05, 0) is 30.3 Å². The molecule has 17 heavy (non-hydrogen) atoms. The molecular weight excluding hydrogens is 215 g/mol. The van der Waals surface area contributed by atoms with Gasteiger partial charge in [-0.1, -0.05) is 18.2 Å². The zero-order chi connectivity index (χ0) is 11.8.